The van der Waals surface area contributed by atoms with Gasteiger partial charge in [-0.2, -0.15) is 30.0 Å². The third-order valence-electron chi connectivity index (χ3n) is 6.85. The van der Waals surface area contributed by atoms with Crippen LogP contribution in [0.3, 0.4) is 0 Å². The number of nitrogens with zero attached hydrogens (tertiary/aromatic N) is 6. The zero-order chi connectivity index (χ0) is 23.6. The molecule has 6 heteroatoms. The Morgan fingerprint density at radius 2 is 0.824 bits per heavy atom. The first-order valence-corrected chi connectivity index (χ1v) is 13.4. The first kappa shape index (κ1) is 24.4. The lowest BCUT2D eigenvalue weighted by Crippen LogP contribution is -2.27. The zero-order valence-corrected chi connectivity index (χ0v) is 20.9. The second-order valence-electron chi connectivity index (χ2n) is 9.56. The van der Waals surface area contributed by atoms with Crippen LogP contribution >= 0.6 is 0 Å². The smallest absolute Gasteiger partial charge is 0.113 e. The van der Waals surface area contributed by atoms with E-state index in [9.17, 15) is 0 Å². The highest BCUT2D eigenvalue weighted by Crippen LogP contribution is 2.33. The molecule has 0 N–H and O–H groups in total. The number of aromatic nitrogens is 6. The van der Waals surface area contributed by atoms with Gasteiger partial charge < -0.3 is 0 Å². The third kappa shape index (κ3) is 6.22. The Bertz CT molecular complexity index is 974. The van der Waals surface area contributed by atoms with Crippen LogP contribution in [-0.2, 0) is 0 Å². The third-order valence-corrected chi connectivity index (χ3v) is 6.85. The van der Waals surface area contributed by atoms with Crippen molar-refractivity contribution in [3.8, 4) is 0 Å². The molecule has 0 saturated heterocycles. The fourth-order valence-corrected chi connectivity index (χ4v) is 4.89. The number of hydrogen-bond acceptors (Lipinski definition) is 4. The van der Waals surface area contributed by atoms with Crippen LogP contribution in [0.1, 0.15) is 103 Å². The summed E-state index contributed by atoms with van der Waals surface area (Å²) < 4.78 is 0. The van der Waals surface area contributed by atoms with Crippen LogP contribution in [0.25, 0.3) is 22.1 Å². The summed E-state index contributed by atoms with van der Waals surface area (Å²) in [6, 6.07) is 16.6. The Morgan fingerprint density at radius 3 is 1.15 bits per heavy atom. The van der Waals surface area contributed by atoms with Crippen molar-refractivity contribution in [3.63, 3.8) is 0 Å². The maximum absolute atomic E-state index is 4.92. The monoisotopic (exact) mass is 460 g/mol. The number of fused-ring (bicyclic) bond motifs is 2. The van der Waals surface area contributed by atoms with Crippen LogP contribution in [-0.4, -0.2) is 30.0 Å². The summed E-state index contributed by atoms with van der Waals surface area (Å²) in [5, 5.41) is 19.7. The van der Waals surface area contributed by atoms with E-state index >= 15 is 0 Å². The van der Waals surface area contributed by atoms with Crippen molar-refractivity contribution in [1.82, 2.24) is 30.0 Å². The van der Waals surface area contributed by atoms with Crippen molar-refractivity contribution in [3.05, 3.63) is 48.5 Å². The molecule has 2 atom stereocenters. The molecule has 182 valence electrons. The van der Waals surface area contributed by atoms with Crippen molar-refractivity contribution in [1.29, 1.82) is 0 Å². The lowest BCUT2D eigenvalue weighted by atomic mass is 9.96. The lowest BCUT2D eigenvalue weighted by molar-refractivity contribution is 0.211. The molecule has 0 amide bonds. The quantitative estimate of drug-likeness (QED) is 0.171. The summed E-state index contributed by atoms with van der Waals surface area (Å²) in [5.74, 6) is 0. The predicted octanol–water partition coefficient (Wildman–Crippen LogP) is 7.68. The molecule has 6 nitrogen and oxygen atoms in total. The Kier molecular flexibility index (Phi) is 9.05. The Morgan fingerprint density at radius 1 is 0.500 bits per heavy atom. The van der Waals surface area contributed by atoms with E-state index in [1.165, 1.54) is 64.2 Å². The highest BCUT2D eigenvalue weighted by Gasteiger charge is 2.28. The standard InChI is InChI=1S/C28H40N6/c1-3-5-7-9-11-21-27(33-29-23-17-13-14-18-24(23)30-33)28(22-12-10-8-6-4-2)34-31-25-19-15-16-20-26(25)32-34/h13-20,27-28H,3-12,21-22H2,1-2H3/t27-,28-/m0/s1. The largest absolute Gasteiger partial charge is 0.178 e. The van der Waals surface area contributed by atoms with E-state index in [2.05, 4.69) is 38.1 Å². The minimum atomic E-state index is 0.141. The van der Waals surface area contributed by atoms with Gasteiger partial charge in [0.15, 0.2) is 0 Å². The summed E-state index contributed by atoms with van der Waals surface area (Å²) in [6.07, 6.45) is 14.7. The Balaban J connectivity index is 1.63. The van der Waals surface area contributed by atoms with Gasteiger partial charge in [0.05, 0.1) is 12.1 Å². The van der Waals surface area contributed by atoms with Crippen molar-refractivity contribution < 1.29 is 0 Å². The molecule has 4 aromatic rings. The highest BCUT2D eigenvalue weighted by atomic mass is 15.5. The SMILES string of the molecule is CCCCCCC[C@@H]([C@H](CCCCCCC)n1nc2ccccc2n1)n1nc2ccccc2n1. The van der Waals surface area contributed by atoms with Crippen LogP contribution in [0.15, 0.2) is 48.5 Å². The zero-order valence-electron chi connectivity index (χ0n) is 20.9. The van der Waals surface area contributed by atoms with Gasteiger partial charge in [0, 0.05) is 0 Å². The minimum Gasteiger partial charge on any atom is -0.178 e. The fourth-order valence-electron chi connectivity index (χ4n) is 4.89. The van der Waals surface area contributed by atoms with E-state index in [1.807, 2.05) is 33.9 Å². The van der Waals surface area contributed by atoms with Gasteiger partial charge in [-0.1, -0.05) is 102 Å². The minimum absolute atomic E-state index is 0.141. The number of benzene rings is 2. The Labute approximate surface area is 203 Å². The maximum Gasteiger partial charge on any atom is 0.113 e. The van der Waals surface area contributed by atoms with Crippen LogP contribution in [0.2, 0.25) is 0 Å². The van der Waals surface area contributed by atoms with Gasteiger partial charge in [-0.05, 0) is 37.1 Å². The molecule has 0 bridgehead atoms. The number of rotatable bonds is 15. The number of unbranched alkanes of at least 4 members (excludes halogenated alkanes) is 8. The summed E-state index contributed by atoms with van der Waals surface area (Å²) in [7, 11) is 0. The van der Waals surface area contributed by atoms with Gasteiger partial charge in [-0.3, -0.25) is 0 Å². The molecule has 2 aromatic carbocycles. The van der Waals surface area contributed by atoms with E-state index in [4.69, 9.17) is 20.4 Å². The summed E-state index contributed by atoms with van der Waals surface area (Å²) in [5.41, 5.74) is 3.83. The normalized spacial score (nSPS) is 13.6. The van der Waals surface area contributed by atoms with Crippen molar-refractivity contribution in [2.24, 2.45) is 0 Å². The molecule has 0 spiro atoms. The van der Waals surface area contributed by atoms with Gasteiger partial charge in [0.1, 0.15) is 22.1 Å². The fraction of sp³-hybridized carbons (Fsp3) is 0.571. The summed E-state index contributed by atoms with van der Waals surface area (Å²) in [6.45, 7) is 4.54. The second-order valence-corrected chi connectivity index (χ2v) is 9.56. The molecule has 0 aliphatic carbocycles. The van der Waals surface area contributed by atoms with E-state index in [-0.39, 0.29) is 12.1 Å². The van der Waals surface area contributed by atoms with Crippen molar-refractivity contribution in [2.45, 2.75) is 103 Å². The van der Waals surface area contributed by atoms with E-state index in [0.717, 1.165) is 34.9 Å². The van der Waals surface area contributed by atoms with Gasteiger partial charge >= 0.3 is 0 Å². The maximum atomic E-state index is 4.92. The number of hydrogen-bond donors (Lipinski definition) is 0. The van der Waals surface area contributed by atoms with Gasteiger partial charge in [0.2, 0.25) is 0 Å². The van der Waals surface area contributed by atoms with Crippen molar-refractivity contribution in [2.75, 3.05) is 0 Å². The average molecular weight is 461 g/mol. The molecule has 34 heavy (non-hydrogen) atoms. The van der Waals surface area contributed by atoms with Crippen molar-refractivity contribution >= 4 is 22.1 Å². The van der Waals surface area contributed by atoms with E-state index < -0.39 is 0 Å². The topological polar surface area (TPSA) is 61.4 Å². The Hall–Kier alpha value is -2.76. The molecule has 4 rings (SSSR count). The average Bonchev–Trinajstić information content (AvgIpc) is 3.48. The lowest BCUT2D eigenvalue weighted by Gasteiger charge is -2.26. The molecule has 0 aliphatic rings. The van der Waals surface area contributed by atoms with Gasteiger partial charge in [-0.25, -0.2) is 0 Å². The van der Waals surface area contributed by atoms with Gasteiger partial charge in [-0.15, -0.1) is 0 Å². The predicted molar refractivity (Wildman–Crippen MR) is 140 cm³/mol. The second kappa shape index (κ2) is 12.6. The molecular weight excluding hydrogens is 420 g/mol. The molecule has 2 heterocycles. The molecular formula is C28H40N6. The molecule has 0 radical (unpaired) electrons. The van der Waals surface area contributed by atoms with Crippen LogP contribution < -0.4 is 0 Å². The van der Waals surface area contributed by atoms with Crippen LogP contribution in [0.4, 0.5) is 0 Å². The molecule has 0 fully saturated rings. The van der Waals surface area contributed by atoms with Crippen LogP contribution in [0.5, 0.6) is 0 Å². The van der Waals surface area contributed by atoms with E-state index in [0.29, 0.717) is 0 Å². The highest BCUT2D eigenvalue weighted by molar-refractivity contribution is 5.73. The van der Waals surface area contributed by atoms with E-state index in [1.54, 1.807) is 0 Å². The molecule has 0 aliphatic heterocycles. The molecule has 0 saturated carbocycles. The first-order valence-electron chi connectivity index (χ1n) is 13.4. The van der Waals surface area contributed by atoms with Gasteiger partial charge in [0.25, 0.3) is 0 Å². The van der Waals surface area contributed by atoms with Crippen LogP contribution in [0, 0.1) is 0 Å². The summed E-state index contributed by atoms with van der Waals surface area (Å²) >= 11 is 0. The molecule has 2 aromatic heterocycles. The molecule has 0 unspecified atom stereocenters. The summed E-state index contributed by atoms with van der Waals surface area (Å²) in [4.78, 5) is 3.96. The first-order chi connectivity index (χ1) is 16.8.